The van der Waals surface area contributed by atoms with Gasteiger partial charge in [-0.05, 0) is 39.8 Å². The van der Waals surface area contributed by atoms with Gasteiger partial charge in [-0.25, -0.2) is 0 Å². The smallest absolute Gasteiger partial charge is 0.234 e. The van der Waals surface area contributed by atoms with E-state index in [-0.39, 0.29) is 11.9 Å². The van der Waals surface area contributed by atoms with Crippen LogP contribution in [0.2, 0.25) is 0 Å². The Morgan fingerprint density at radius 2 is 2.25 bits per heavy atom. The van der Waals surface area contributed by atoms with E-state index in [4.69, 9.17) is 0 Å². The molecule has 0 radical (unpaired) electrons. The number of rotatable bonds is 6. The molecule has 0 aliphatic carbocycles. The molecule has 0 aromatic heterocycles. The Labute approximate surface area is 98.8 Å². The predicted octanol–water partition coefficient (Wildman–Crippen LogP) is 0.585. The molecule has 1 heterocycles. The van der Waals surface area contributed by atoms with Crippen molar-refractivity contribution in [2.24, 2.45) is 0 Å². The maximum absolute atomic E-state index is 11.4. The molecule has 1 fully saturated rings. The maximum atomic E-state index is 11.4. The van der Waals surface area contributed by atoms with Gasteiger partial charge < -0.3 is 10.6 Å². The van der Waals surface area contributed by atoms with E-state index >= 15 is 0 Å². The molecule has 1 unspecified atom stereocenters. The lowest BCUT2D eigenvalue weighted by Gasteiger charge is -2.22. The average Bonchev–Trinajstić information content (AvgIpc) is 2.64. The minimum Gasteiger partial charge on any atom is -0.353 e. The summed E-state index contributed by atoms with van der Waals surface area (Å²) in [6.07, 6.45) is 2.55. The van der Waals surface area contributed by atoms with Gasteiger partial charge >= 0.3 is 0 Å². The van der Waals surface area contributed by atoms with Crippen molar-refractivity contribution in [2.45, 2.75) is 45.7 Å². The third kappa shape index (κ3) is 4.49. The second-order valence-corrected chi connectivity index (χ2v) is 4.78. The van der Waals surface area contributed by atoms with Gasteiger partial charge in [0.05, 0.1) is 6.54 Å². The summed E-state index contributed by atoms with van der Waals surface area (Å²) < 4.78 is 0. The van der Waals surface area contributed by atoms with E-state index in [0.29, 0.717) is 12.6 Å². The summed E-state index contributed by atoms with van der Waals surface area (Å²) in [5, 5.41) is 6.12. The van der Waals surface area contributed by atoms with Gasteiger partial charge in [-0.3, -0.25) is 9.69 Å². The Bertz CT molecular complexity index is 218. The van der Waals surface area contributed by atoms with Gasteiger partial charge in [0.2, 0.25) is 5.91 Å². The van der Waals surface area contributed by atoms with E-state index in [1.54, 1.807) is 0 Å². The lowest BCUT2D eigenvalue weighted by Crippen LogP contribution is -2.43. The van der Waals surface area contributed by atoms with Crippen molar-refractivity contribution >= 4 is 5.91 Å². The molecule has 1 rings (SSSR count). The molecule has 0 aromatic rings. The SMILES string of the molecule is CCN1CCCC1CNCC(=O)NC(C)C. The first kappa shape index (κ1) is 13.5. The summed E-state index contributed by atoms with van der Waals surface area (Å²) in [5.74, 6) is 0.0936. The van der Waals surface area contributed by atoms with E-state index in [2.05, 4.69) is 22.5 Å². The van der Waals surface area contributed by atoms with Crippen molar-refractivity contribution in [1.82, 2.24) is 15.5 Å². The lowest BCUT2D eigenvalue weighted by atomic mass is 10.2. The van der Waals surface area contributed by atoms with Gasteiger partial charge in [-0.2, -0.15) is 0 Å². The van der Waals surface area contributed by atoms with Gasteiger partial charge in [0.1, 0.15) is 0 Å². The molecule has 0 aromatic carbocycles. The van der Waals surface area contributed by atoms with Crippen LogP contribution in [0.3, 0.4) is 0 Å². The quantitative estimate of drug-likeness (QED) is 0.698. The third-order valence-corrected chi connectivity index (χ3v) is 3.02. The van der Waals surface area contributed by atoms with E-state index in [9.17, 15) is 4.79 Å². The van der Waals surface area contributed by atoms with Crippen LogP contribution in [-0.2, 0) is 4.79 Å². The van der Waals surface area contributed by atoms with Crippen LogP contribution in [0, 0.1) is 0 Å². The molecular weight excluding hydrogens is 202 g/mol. The van der Waals surface area contributed by atoms with Crippen molar-refractivity contribution in [3.63, 3.8) is 0 Å². The van der Waals surface area contributed by atoms with E-state index < -0.39 is 0 Å². The standard InChI is InChI=1S/C12H25N3O/c1-4-15-7-5-6-11(15)8-13-9-12(16)14-10(2)3/h10-11,13H,4-9H2,1-3H3,(H,14,16). The van der Waals surface area contributed by atoms with Crippen molar-refractivity contribution in [2.75, 3.05) is 26.2 Å². The Hall–Kier alpha value is -0.610. The van der Waals surface area contributed by atoms with Crippen molar-refractivity contribution in [1.29, 1.82) is 0 Å². The van der Waals surface area contributed by atoms with Crippen LogP contribution in [0.15, 0.2) is 0 Å². The zero-order chi connectivity index (χ0) is 12.0. The average molecular weight is 227 g/mol. The second kappa shape index (κ2) is 6.86. The number of carbonyl (C=O) groups excluding carboxylic acids is 1. The molecule has 0 bridgehead atoms. The molecule has 4 heteroatoms. The Balaban J connectivity index is 2.12. The molecule has 1 amide bonds. The van der Waals surface area contributed by atoms with Crippen molar-refractivity contribution in [3.8, 4) is 0 Å². The zero-order valence-corrected chi connectivity index (χ0v) is 10.8. The van der Waals surface area contributed by atoms with Gasteiger partial charge in [0.15, 0.2) is 0 Å². The molecule has 2 N–H and O–H groups in total. The fourth-order valence-corrected chi connectivity index (χ4v) is 2.27. The summed E-state index contributed by atoms with van der Waals surface area (Å²) >= 11 is 0. The van der Waals surface area contributed by atoms with E-state index in [1.807, 2.05) is 13.8 Å². The lowest BCUT2D eigenvalue weighted by molar-refractivity contribution is -0.120. The highest BCUT2D eigenvalue weighted by molar-refractivity contribution is 5.78. The van der Waals surface area contributed by atoms with E-state index in [1.165, 1.54) is 19.4 Å². The van der Waals surface area contributed by atoms with Gasteiger partial charge in [0, 0.05) is 18.6 Å². The molecule has 16 heavy (non-hydrogen) atoms. The normalized spacial score (nSPS) is 21.6. The number of nitrogens with zero attached hydrogens (tertiary/aromatic N) is 1. The Morgan fingerprint density at radius 1 is 1.50 bits per heavy atom. The monoisotopic (exact) mass is 227 g/mol. The van der Waals surface area contributed by atoms with Crippen LogP contribution in [0.4, 0.5) is 0 Å². The highest BCUT2D eigenvalue weighted by Gasteiger charge is 2.22. The van der Waals surface area contributed by atoms with Crippen LogP contribution < -0.4 is 10.6 Å². The fraction of sp³-hybridized carbons (Fsp3) is 0.917. The molecule has 0 saturated carbocycles. The number of carbonyl (C=O) groups is 1. The number of hydrogen-bond acceptors (Lipinski definition) is 3. The first-order chi connectivity index (χ1) is 7.63. The third-order valence-electron chi connectivity index (χ3n) is 3.02. The molecule has 1 aliphatic heterocycles. The first-order valence-electron chi connectivity index (χ1n) is 6.37. The maximum Gasteiger partial charge on any atom is 0.234 e. The first-order valence-corrected chi connectivity index (χ1v) is 6.37. The number of hydrogen-bond donors (Lipinski definition) is 2. The number of amides is 1. The van der Waals surface area contributed by atoms with E-state index in [0.717, 1.165) is 13.1 Å². The van der Waals surface area contributed by atoms with Crippen LogP contribution >= 0.6 is 0 Å². The highest BCUT2D eigenvalue weighted by atomic mass is 16.1. The van der Waals surface area contributed by atoms with Crippen LogP contribution in [0.25, 0.3) is 0 Å². The molecular formula is C12H25N3O. The minimum absolute atomic E-state index is 0.0936. The van der Waals surface area contributed by atoms with Crippen molar-refractivity contribution < 1.29 is 4.79 Å². The second-order valence-electron chi connectivity index (χ2n) is 4.78. The van der Waals surface area contributed by atoms with Crippen LogP contribution in [0.1, 0.15) is 33.6 Å². The molecule has 1 atom stereocenters. The van der Waals surface area contributed by atoms with Gasteiger partial charge in [-0.15, -0.1) is 0 Å². The summed E-state index contributed by atoms with van der Waals surface area (Å²) in [6.45, 7) is 9.85. The van der Waals surface area contributed by atoms with Gasteiger partial charge in [-0.1, -0.05) is 6.92 Å². The largest absolute Gasteiger partial charge is 0.353 e. The topological polar surface area (TPSA) is 44.4 Å². The number of nitrogens with one attached hydrogen (secondary N) is 2. The van der Waals surface area contributed by atoms with Crippen molar-refractivity contribution in [3.05, 3.63) is 0 Å². The fourth-order valence-electron chi connectivity index (χ4n) is 2.27. The molecule has 94 valence electrons. The molecule has 1 aliphatic rings. The summed E-state index contributed by atoms with van der Waals surface area (Å²) in [4.78, 5) is 13.9. The number of likely N-dealkylation sites (tertiary alicyclic amines) is 1. The summed E-state index contributed by atoms with van der Waals surface area (Å²) in [7, 11) is 0. The molecule has 1 saturated heterocycles. The predicted molar refractivity (Wildman–Crippen MR) is 66.4 cm³/mol. The molecule has 0 spiro atoms. The molecule has 4 nitrogen and oxygen atoms in total. The zero-order valence-electron chi connectivity index (χ0n) is 10.8. The summed E-state index contributed by atoms with van der Waals surface area (Å²) in [5.41, 5.74) is 0. The van der Waals surface area contributed by atoms with Crippen LogP contribution in [-0.4, -0.2) is 49.1 Å². The minimum atomic E-state index is 0.0936. The Kier molecular flexibility index (Phi) is 5.77. The highest BCUT2D eigenvalue weighted by Crippen LogP contribution is 2.15. The summed E-state index contributed by atoms with van der Waals surface area (Å²) in [6, 6.07) is 0.852. The van der Waals surface area contributed by atoms with Crippen LogP contribution in [0.5, 0.6) is 0 Å². The Morgan fingerprint density at radius 3 is 2.88 bits per heavy atom. The van der Waals surface area contributed by atoms with Gasteiger partial charge in [0.25, 0.3) is 0 Å². The number of likely N-dealkylation sites (N-methyl/N-ethyl adjacent to an activating group) is 1.